The quantitative estimate of drug-likeness (QED) is 0.211. The number of pyridine rings is 1. The first-order chi connectivity index (χ1) is 19.3. The third-order valence-corrected chi connectivity index (χ3v) is 9.12. The normalized spacial score (nSPS) is 11.6. The van der Waals surface area contributed by atoms with Crippen molar-refractivity contribution in [1.82, 2.24) is 14.3 Å². The number of carbonyl (C=O) groups excluding carboxylic acids is 1. The summed E-state index contributed by atoms with van der Waals surface area (Å²) in [7, 11) is -2.21. The Balaban J connectivity index is 1.43. The molecular formula is C30H28N4O4S2. The van der Waals surface area contributed by atoms with Crippen LogP contribution in [0.25, 0.3) is 10.2 Å². The van der Waals surface area contributed by atoms with Gasteiger partial charge in [-0.25, -0.2) is 13.4 Å². The van der Waals surface area contributed by atoms with Crippen LogP contribution in [0.3, 0.4) is 0 Å². The summed E-state index contributed by atoms with van der Waals surface area (Å²) in [4.78, 5) is 24.4. The first kappa shape index (κ1) is 27.4. The molecule has 2 aromatic heterocycles. The van der Waals surface area contributed by atoms with Crippen molar-refractivity contribution >= 4 is 42.6 Å². The summed E-state index contributed by atoms with van der Waals surface area (Å²) in [6, 6.07) is 24.8. The number of amides is 1. The first-order valence-electron chi connectivity index (χ1n) is 12.7. The molecule has 0 radical (unpaired) electrons. The summed E-state index contributed by atoms with van der Waals surface area (Å²) in [6.07, 6.45) is 3.38. The van der Waals surface area contributed by atoms with E-state index >= 15 is 0 Å². The van der Waals surface area contributed by atoms with Gasteiger partial charge in [0.2, 0.25) is 10.0 Å². The van der Waals surface area contributed by atoms with Crippen LogP contribution in [0, 0.1) is 0 Å². The Labute approximate surface area is 237 Å². The Morgan fingerprint density at radius 3 is 2.38 bits per heavy atom. The van der Waals surface area contributed by atoms with Gasteiger partial charge in [-0.05, 0) is 66.6 Å². The lowest BCUT2D eigenvalue weighted by molar-refractivity contribution is 0.0985. The number of aromatic nitrogens is 2. The largest absolute Gasteiger partial charge is 0.494 e. The molecule has 2 heterocycles. The van der Waals surface area contributed by atoms with Gasteiger partial charge >= 0.3 is 0 Å². The molecule has 5 aromatic rings. The summed E-state index contributed by atoms with van der Waals surface area (Å²) >= 11 is 1.39. The minimum Gasteiger partial charge on any atom is -0.494 e. The minimum absolute atomic E-state index is 0.115. The molecular weight excluding hydrogens is 544 g/mol. The molecule has 0 saturated carbocycles. The Kier molecular flexibility index (Phi) is 8.20. The monoisotopic (exact) mass is 572 g/mol. The van der Waals surface area contributed by atoms with E-state index in [9.17, 15) is 13.2 Å². The number of benzene rings is 3. The number of fused-ring (bicyclic) bond motifs is 1. The molecule has 0 aliphatic heterocycles. The van der Waals surface area contributed by atoms with Gasteiger partial charge in [-0.1, -0.05) is 47.7 Å². The standard InChI is InChI=1S/C30H28N4O4S2/c1-3-38-25-13-16-27-28(18-25)39-30(32-27)34(21-23-10-7-17-31-19-23)29(35)24-11-14-26(15-12-24)40(36,37)33(2)20-22-8-5-4-6-9-22/h4-19H,3,20-21H2,1-2H3. The van der Waals surface area contributed by atoms with Crippen LogP contribution in [0.15, 0.2) is 102 Å². The molecule has 0 spiro atoms. The highest BCUT2D eigenvalue weighted by Gasteiger charge is 2.25. The molecule has 0 N–H and O–H groups in total. The molecule has 8 nitrogen and oxygen atoms in total. The predicted octanol–water partition coefficient (Wildman–Crippen LogP) is 5.76. The Morgan fingerprint density at radius 1 is 0.925 bits per heavy atom. The molecule has 0 bridgehead atoms. The number of nitrogens with zero attached hydrogens (tertiary/aromatic N) is 4. The molecule has 3 aromatic carbocycles. The van der Waals surface area contributed by atoms with Gasteiger partial charge in [0.1, 0.15) is 5.75 Å². The molecule has 0 unspecified atom stereocenters. The summed E-state index contributed by atoms with van der Waals surface area (Å²) in [6.45, 7) is 2.97. The van der Waals surface area contributed by atoms with Gasteiger partial charge in [-0.15, -0.1) is 0 Å². The van der Waals surface area contributed by atoms with Crippen molar-refractivity contribution in [3.8, 4) is 5.75 Å². The van der Waals surface area contributed by atoms with E-state index in [0.717, 1.165) is 27.1 Å². The number of sulfonamides is 1. The lowest BCUT2D eigenvalue weighted by Crippen LogP contribution is -2.30. The Hall–Kier alpha value is -4.12. The molecule has 0 aliphatic carbocycles. The van der Waals surface area contributed by atoms with Crippen molar-refractivity contribution in [2.75, 3.05) is 18.6 Å². The number of ether oxygens (including phenoxy) is 1. The fourth-order valence-corrected chi connectivity index (χ4v) is 6.35. The van der Waals surface area contributed by atoms with E-state index in [0.29, 0.717) is 17.3 Å². The van der Waals surface area contributed by atoms with Crippen molar-refractivity contribution < 1.29 is 17.9 Å². The molecule has 10 heteroatoms. The van der Waals surface area contributed by atoms with Crippen molar-refractivity contribution in [3.05, 3.63) is 114 Å². The molecule has 40 heavy (non-hydrogen) atoms. The summed E-state index contributed by atoms with van der Waals surface area (Å²) in [5.41, 5.74) is 2.83. The fourth-order valence-electron chi connectivity index (χ4n) is 4.20. The maximum atomic E-state index is 13.8. The second-order valence-corrected chi connectivity index (χ2v) is 12.1. The molecule has 1 amide bonds. The SMILES string of the molecule is CCOc1ccc2nc(N(Cc3cccnc3)C(=O)c3ccc(S(=O)(=O)N(C)Cc4ccccc4)cc3)sc2c1. The number of carbonyl (C=O) groups is 1. The van der Waals surface area contributed by atoms with Crippen molar-refractivity contribution in [2.24, 2.45) is 0 Å². The van der Waals surface area contributed by atoms with E-state index in [2.05, 4.69) is 4.98 Å². The van der Waals surface area contributed by atoms with Crippen LogP contribution in [0.4, 0.5) is 5.13 Å². The van der Waals surface area contributed by atoms with Crippen LogP contribution in [-0.4, -0.2) is 42.3 Å². The van der Waals surface area contributed by atoms with Crippen molar-refractivity contribution in [1.29, 1.82) is 0 Å². The third-order valence-electron chi connectivity index (χ3n) is 6.26. The fraction of sp³-hybridized carbons (Fsp3) is 0.167. The number of rotatable bonds is 10. The zero-order chi connectivity index (χ0) is 28.1. The van der Waals surface area contributed by atoms with Crippen LogP contribution >= 0.6 is 11.3 Å². The zero-order valence-electron chi connectivity index (χ0n) is 22.1. The highest BCUT2D eigenvalue weighted by atomic mass is 32.2. The van der Waals surface area contributed by atoms with E-state index in [-0.39, 0.29) is 23.9 Å². The van der Waals surface area contributed by atoms with Crippen molar-refractivity contribution in [2.45, 2.75) is 24.9 Å². The lowest BCUT2D eigenvalue weighted by Gasteiger charge is -2.21. The minimum atomic E-state index is -3.75. The number of hydrogen-bond acceptors (Lipinski definition) is 7. The first-order valence-corrected chi connectivity index (χ1v) is 15.0. The molecule has 0 atom stereocenters. The smallest absolute Gasteiger partial charge is 0.260 e. The highest BCUT2D eigenvalue weighted by molar-refractivity contribution is 7.89. The molecule has 0 saturated heterocycles. The van der Waals surface area contributed by atoms with Gasteiger partial charge in [0.15, 0.2) is 5.13 Å². The highest BCUT2D eigenvalue weighted by Crippen LogP contribution is 2.33. The van der Waals surface area contributed by atoms with E-state index in [1.54, 1.807) is 36.5 Å². The summed E-state index contributed by atoms with van der Waals surface area (Å²) in [5, 5.41) is 0.525. The van der Waals surface area contributed by atoms with E-state index in [1.807, 2.05) is 67.6 Å². The molecule has 0 fully saturated rings. The maximum Gasteiger partial charge on any atom is 0.260 e. The van der Waals surface area contributed by atoms with Crippen LogP contribution < -0.4 is 9.64 Å². The van der Waals surface area contributed by atoms with Crippen LogP contribution in [0.2, 0.25) is 0 Å². The van der Waals surface area contributed by atoms with Gasteiger partial charge in [-0.2, -0.15) is 4.31 Å². The van der Waals surface area contributed by atoms with Gasteiger partial charge in [0.05, 0.1) is 28.3 Å². The summed E-state index contributed by atoms with van der Waals surface area (Å²) < 4.78 is 34.2. The lowest BCUT2D eigenvalue weighted by atomic mass is 10.2. The van der Waals surface area contributed by atoms with Crippen LogP contribution in [-0.2, 0) is 23.1 Å². The average Bonchev–Trinajstić information content (AvgIpc) is 3.40. The Morgan fingerprint density at radius 2 is 1.68 bits per heavy atom. The van der Waals surface area contributed by atoms with Crippen LogP contribution in [0.5, 0.6) is 5.75 Å². The van der Waals surface area contributed by atoms with E-state index in [4.69, 9.17) is 9.72 Å². The maximum absolute atomic E-state index is 13.8. The average molecular weight is 573 g/mol. The number of hydrogen-bond donors (Lipinski definition) is 0. The van der Waals surface area contributed by atoms with E-state index < -0.39 is 10.0 Å². The second-order valence-electron chi connectivity index (χ2n) is 9.08. The van der Waals surface area contributed by atoms with Gasteiger partial charge in [0, 0.05) is 31.5 Å². The van der Waals surface area contributed by atoms with Gasteiger partial charge in [-0.3, -0.25) is 14.7 Å². The summed E-state index contributed by atoms with van der Waals surface area (Å²) in [5.74, 6) is 0.443. The number of anilines is 1. The molecule has 204 valence electrons. The molecule has 0 aliphatic rings. The van der Waals surface area contributed by atoms with E-state index in [1.165, 1.54) is 27.8 Å². The third kappa shape index (κ3) is 6.04. The van der Waals surface area contributed by atoms with Gasteiger partial charge < -0.3 is 4.74 Å². The predicted molar refractivity (Wildman–Crippen MR) is 157 cm³/mol. The van der Waals surface area contributed by atoms with Gasteiger partial charge in [0.25, 0.3) is 5.91 Å². The molecule has 5 rings (SSSR count). The van der Waals surface area contributed by atoms with Crippen molar-refractivity contribution in [3.63, 3.8) is 0 Å². The number of thiazole rings is 1. The van der Waals surface area contributed by atoms with Crippen LogP contribution in [0.1, 0.15) is 28.4 Å². The Bertz CT molecular complexity index is 1710. The second kappa shape index (κ2) is 12.0. The zero-order valence-corrected chi connectivity index (χ0v) is 23.7. The topological polar surface area (TPSA) is 92.7 Å².